The molecule has 1 aliphatic rings. The third-order valence-electron chi connectivity index (χ3n) is 5.74. The Labute approximate surface area is 203 Å². The van der Waals surface area contributed by atoms with Crippen molar-refractivity contribution in [1.29, 1.82) is 0 Å². The highest BCUT2D eigenvalue weighted by Gasteiger charge is 2.31. The fourth-order valence-corrected chi connectivity index (χ4v) is 4.64. The van der Waals surface area contributed by atoms with Gasteiger partial charge in [0.1, 0.15) is 5.75 Å². The molecule has 4 rings (SSSR count). The van der Waals surface area contributed by atoms with Crippen molar-refractivity contribution in [3.8, 4) is 5.75 Å². The van der Waals surface area contributed by atoms with Crippen molar-refractivity contribution in [2.24, 2.45) is 0 Å². The summed E-state index contributed by atoms with van der Waals surface area (Å²) in [4.78, 5) is 35.0. The first-order valence-electron chi connectivity index (χ1n) is 11.3. The Morgan fingerprint density at radius 3 is 2.82 bits per heavy atom. The zero-order valence-electron chi connectivity index (χ0n) is 19.3. The van der Waals surface area contributed by atoms with E-state index in [0.717, 1.165) is 21.9 Å². The summed E-state index contributed by atoms with van der Waals surface area (Å²) in [6.45, 7) is 1.57. The van der Waals surface area contributed by atoms with Gasteiger partial charge in [-0.1, -0.05) is 24.3 Å². The molecule has 178 valence electrons. The third-order valence-corrected chi connectivity index (χ3v) is 6.68. The summed E-state index contributed by atoms with van der Waals surface area (Å²) in [5, 5.41) is 2.01. The Kier molecular flexibility index (Phi) is 8.27. The summed E-state index contributed by atoms with van der Waals surface area (Å²) in [7, 11) is 1.63. The van der Waals surface area contributed by atoms with Crippen molar-refractivity contribution < 1.29 is 19.1 Å². The van der Waals surface area contributed by atoms with Crippen LogP contribution in [0.3, 0.4) is 0 Å². The van der Waals surface area contributed by atoms with Crippen molar-refractivity contribution in [3.05, 3.63) is 82.3 Å². The molecule has 34 heavy (non-hydrogen) atoms. The molecule has 0 bridgehead atoms. The van der Waals surface area contributed by atoms with Crippen LogP contribution in [0.2, 0.25) is 0 Å². The van der Waals surface area contributed by atoms with E-state index < -0.39 is 0 Å². The lowest BCUT2D eigenvalue weighted by molar-refractivity contribution is -0.139. The molecule has 3 aromatic rings. The van der Waals surface area contributed by atoms with Gasteiger partial charge in [0.2, 0.25) is 11.8 Å². The number of aryl methyl sites for hydroxylation is 1. The van der Waals surface area contributed by atoms with Gasteiger partial charge in [-0.05, 0) is 47.7 Å². The summed E-state index contributed by atoms with van der Waals surface area (Å²) in [5.74, 6) is 0.637. The van der Waals surface area contributed by atoms with E-state index in [4.69, 9.17) is 9.47 Å². The van der Waals surface area contributed by atoms with Crippen molar-refractivity contribution in [1.82, 2.24) is 14.8 Å². The molecule has 3 heterocycles. The fourth-order valence-electron chi connectivity index (χ4n) is 3.93. The molecule has 7 nitrogen and oxygen atoms in total. The third kappa shape index (κ3) is 6.65. The second kappa shape index (κ2) is 11.8. The maximum Gasteiger partial charge on any atom is 0.242 e. The van der Waals surface area contributed by atoms with Crippen LogP contribution in [0.5, 0.6) is 5.75 Å². The van der Waals surface area contributed by atoms with Gasteiger partial charge in [-0.3, -0.25) is 14.6 Å². The van der Waals surface area contributed by atoms with E-state index in [1.807, 2.05) is 60.0 Å². The topological polar surface area (TPSA) is 72.0 Å². The minimum Gasteiger partial charge on any atom is -0.497 e. The minimum atomic E-state index is -0.313. The van der Waals surface area contributed by atoms with Crippen LogP contribution in [0.25, 0.3) is 0 Å². The Balaban J connectivity index is 1.46. The number of benzene rings is 1. The smallest absolute Gasteiger partial charge is 0.242 e. The summed E-state index contributed by atoms with van der Waals surface area (Å²) in [5.41, 5.74) is 1.78. The molecule has 1 fully saturated rings. The van der Waals surface area contributed by atoms with E-state index in [-0.39, 0.29) is 24.5 Å². The van der Waals surface area contributed by atoms with Crippen molar-refractivity contribution in [2.45, 2.75) is 32.1 Å². The van der Waals surface area contributed by atoms with Gasteiger partial charge in [0.05, 0.1) is 38.6 Å². The highest BCUT2D eigenvalue weighted by atomic mass is 32.1. The fraction of sp³-hybridized carbons (Fsp3) is 0.346. The number of carbonyl (C=O) groups is 2. The van der Waals surface area contributed by atoms with Crippen LogP contribution in [-0.2, 0) is 33.9 Å². The quantitative estimate of drug-likeness (QED) is 0.470. The first-order chi connectivity index (χ1) is 16.6. The normalized spacial score (nSPS) is 16.4. The van der Waals surface area contributed by atoms with E-state index in [1.54, 1.807) is 34.4 Å². The average Bonchev–Trinajstić information content (AvgIpc) is 3.34. The van der Waals surface area contributed by atoms with Crippen LogP contribution >= 0.6 is 11.3 Å². The van der Waals surface area contributed by atoms with Gasteiger partial charge in [-0.25, -0.2) is 0 Å². The molecule has 0 aliphatic carbocycles. The molecule has 0 N–H and O–H groups in total. The molecule has 8 heteroatoms. The highest BCUT2D eigenvalue weighted by Crippen LogP contribution is 2.18. The number of hydrogen-bond donors (Lipinski definition) is 0. The minimum absolute atomic E-state index is 0.0311. The Morgan fingerprint density at radius 1 is 1.15 bits per heavy atom. The monoisotopic (exact) mass is 479 g/mol. The molecular formula is C26H29N3O4S. The summed E-state index contributed by atoms with van der Waals surface area (Å²) >= 11 is 1.64. The maximum absolute atomic E-state index is 13.1. The molecule has 1 unspecified atom stereocenters. The molecule has 1 aromatic carbocycles. The van der Waals surface area contributed by atoms with E-state index in [0.29, 0.717) is 39.1 Å². The number of pyridine rings is 1. The van der Waals surface area contributed by atoms with Crippen LogP contribution in [0, 0.1) is 0 Å². The zero-order valence-corrected chi connectivity index (χ0v) is 20.1. The van der Waals surface area contributed by atoms with Gasteiger partial charge in [0.15, 0.2) is 0 Å². The SMILES string of the molecule is COc1cccc(COC2CN(C(=O)CCc3cccs3)CC(=O)N(Cc3ccccn3)C2)c1. The number of nitrogens with zero attached hydrogens (tertiary/aromatic N) is 3. The average molecular weight is 480 g/mol. The molecule has 0 spiro atoms. The number of hydrogen-bond acceptors (Lipinski definition) is 6. The van der Waals surface area contributed by atoms with E-state index in [1.165, 1.54) is 0 Å². The van der Waals surface area contributed by atoms with Crippen LogP contribution in [0.15, 0.2) is 66.2 Å². The first-order valence-corrected chi connectivity index (χ1v) is 12.2. The number of thiophene rings is 1. The first kappa shape index (κ1) is 23.9. The molecule has 2 aromatic heterocycles. The lowest BCUT2D eigenvalue weighted by atomic mass is 10.2. The maximum atomic E-state index is 13.1. The summed E-state index contributed by atoms with van der Waals surface area (Å²) < 4.78 is 11.5. The number of aromatic nitrogens is 1. The molecule has 1 saturated heterocycles. The lowest BCUT2D eigenvalue weighted by Gasteiger charge is -2.25. The lowest BCUT2D eigenvalue weighted by Crippen LogP contribution is -2.39. The zero-order chi connectivity index (χ0) is 23.8. The second-order valence-corrected chi connectivity index (χ2v) is 9.27. The molecule has 2 amide bonds. The van der Waals surface area contributed by atoms with Crippen LogP contribution in [-0.4, -0.2) is 59.4 Å². The predicted molar refractivity (Wildman–Crippen MR) is 130 cm³/mol. The molecule has 1 atom stereocenters. The Morgan fingerprint density at radius 2 is 2.06 bits per heavy atom. The molecule has 0 saturated carbocycles. The van der Waals surface area contributed by atoms with Crippen molar-refractivity contribution in [3.63, 3.8) is 0 Å². The van der Waals surface area contributed by atoms with Gasteiger partial charge in [-0.2, -0.15) is 0 Å². The number of amides is 2. The number of carbonyl (C=O) groups excluding carboxylic acids is 2. The van der Waals surface area contributed by atoms with Crippen LogP contribution in [0.4, 0.5) is 0 Å². The van der Waals surface area contributed by atoms with Crippen LogP contribution in [0.1, 0.15) is 22.6 Å². The largest absolute Gasteiger partial charge is 0.497 e. The van der Waals surface area contributed by atoms with Crippen molar-refractivity contribution in [2.75, 3.05) is 26.7 Å². The Bertz CT molecular complexity index is 1070. The van der Waals surface area contributed by atoms with E-state index >= 15 is 0 Å². The van der Waals surface area contributed by atoms with Gasteiger partial charge in [0, 0.05) is 30.6 Å². The second-order valence-electron chi connectivity index (χ2n) is 8.23. The Hall–Kier alpha value is -3.23. The van der Waals surface area contributed by atoms with Crippen LogP contribution < -0.4 is 4.74 Å². The molecular weight excluding hydrogens is 450 g/mol. The highest BCUT2D eigenvalue weighted by molar-refractivity contribution is 7.09. The number of rotatable bonds is 9. The standard InChI is InChI=1S/C26H29N3O4S/c1-32-22-8-4-6-20(14-22)19-33-23-16-28(15-21-7-2-3-12-27-21)26(31)18-29(17-23)25(30)11-10-24-9-5-13-34-24/h2-9,12-14,23H,10-11,15-19H2,1H3. The number of methoxy groups -OCH3 is 1. The van der Waals surface area contributed by atoms with Gasteiger partial charge >= 0.3 is 0 Å². The molecule has 1 aliphatic heterocycles. The van der Waals surface area contributed by atoms with Gasteiger partial charge in [0.25, 0.3) is 0 Å². The van der Waals surface area contributed by atoms with Gasteiger partial charge in [-0.15, -0.1) is 11.3 Å². The summed E-state index contributed by atoms with van der Waals surface area (Å²) in [6, 6.07) is 17.4. The summed E-state index contributed by atoms with van der Waals surface area (Å²) in [6.07, 6.45) is 2.45. The van der Waals surface area contributed by atoms with Crippen molar-refractivity contribution >= 4 is 23.2 Å². The van der Waals surface area contributed by atoms with E-state index in [2.05, 4.69) is 4.98 Å². The predicted octanol–water partition coefficient (Wildman–Crippen LogP) is 3.54. The van der Waals surface area contributed by atoms with Gasteiger partial charge < -0.3 is 19.3 Å². The van der Waals surface area contributed by atoms with E-state index in [9.17, 15) is 9.59 Å². The molecule has 0 radical (unpaired) electrons. The number of ether oxygens (including phenoxy) is 2.